The maximum Gasteiger partial charge on any atom is 0.292 e. The maximum absolute atomic E-state index is 13.0. The van der Waals surface area contributed by atoms with Crippen molar-refractivity contribution in [2.45, 2.75) is 33.0 Å². The summed E-state index contributed by atoms with van der Waals surface area (Å²) in [5.41, 5.74) is 2.81. The first-order valence-electron chi connectivity index (χ1n) is 7.92. The van der Waals surface area contributed by atoms with Crippen LogP contribution in [0.5, 0.6) is 0 Å². The minimum absolute atomic E-state index is 0.0661. The molecule has 0 fully saturated rings. The molecule has 0 saturated carbocycles. The first-order chi connectivity index (χ1) is 11.6. The highest BCUT2D eigenvalue weighted by molar-refractivity contribution is 5.92. The summed E-state index contributed by atoms with van der Waals surface area (Å²) >= 11 is 0. The van der Waals surface area contributed by atoms with Crippen molar-refractivity contribution in [3.63, 3.8) is 0 Å². The van der Waals surface area contributed by atoms with E-state index in [2.05, 4.69) is 26.7 Å². The molecule has 1 atom stereocenters. The number of amides is 1. The van der Waals surface area contributed by atoms with Gasteiger partial charge >= 0.3 is 0 Å². The summed E-state index contributed by atoms with van der Waals surface area (Å²) in [6.07, 6.45) is 3.17. The van der Waals surface area contributed by atoms with Crippen LogP contribution in [0.25, 0.3) is 0 Å². The molecule has 1 aliphatic heterocycles. The number of fused-ring (bicyclic) bond motifs is 1. The van der Waals surface area contributed by atoms with Crippen molar-refractivity contribution in [2.24, 2.45) is 0 Å². The molecule has 0 bridgehead atoms. The standard InChI is InChI=1S/C18H18N4O2/c1-12-8-19-16-10-22(18(23)17-13(2)20-11-24-17)15(9-21(12)16)14-6-4-3-5-7-14/h3-8,11,15H,9-10H2,1-2H3/t15-/m1/s1. The van der Waals surface area contributed by atoms with Crippen LogP contribution in [-0.4, -0.2) is 25.3 Å². The van der Waals surface area contributed by atoms with Gasteiger partial charge in [0.2, 0.25) is 5.76 Å². The zero-order valence-electron chi connectivity index (χ0n) is 13.6. The van der Waals surface area contributed by atoms with Gasteiger partial charge in [-0.3, -0.25) is 4.79 Å². The van der Waals surface area contributed by atoms with Gasteiger partial charge in [-0.1, -0.05) is 30.3 Å². The van der Waals surface area contributed by atoms with E-state index in [4.69, 9.17) is 4.42 Å². The number of imidazole rings is 1. The van der Waals surface area contributed by atoms with Crippen molar-refractivity contribution in [2.75, 3.05) is 0 Å². The van der Waals surface area contributed by atoms with Gasteiger partial charge in [-0.25, -0.2) is 9.97 Å². The first kappa shape index (κ1) is 14.7. The second-order valence-electron chi connectivity index (χ2n) is 6.05. The average molecular weight is 322 g/mol. The van der Waals surface area contributed by atoms with E-state index in [0.29, 0.717) is 24.5 Å². The Morgan fingerprint density at radius 3 is 2.71 bits per heavy atom. The van der Waals surface area contributed by atoms with Crippen LogP contribution in [0.3, 0.4) is 0 Å². The number of aromatic nitrogens is 3. The molecule has 3 aromatic rings. The molecule has 0 spiro atoms. The normalized spacial score (nSPS) is 16.9. The van der Waals surface area contributed by atoms with E-state index in [1.54, 1.807) is 6.92 Å². The highest BCUT2D eigenvalue weighted by atomic mass is 16.3. The van der Waals surface area contributed by atoms with Gasteiger partial charge in [0.25, 0.3) is 5.91 Å². The fraction of sp³-hybridized carbons (Fsp3) is 0.278. The number of nitrogens with zero attached hydrogens (tertiary/aromatic N) is 4. The first-order valence-corrected chi connectivity index (χ1v) is 7.92. The SMILES string of the molecule is Cc1ncoc1C(=O)N1Cc2ncc(C)n2C[C@@H]1c1ccccc1. The average Bonchev–Trinajstić information content (AvgIpc) is 3.20. The quantitative estimate of drug-likeness (QED) is 0.728. The summed E-state index contributed by atoms with van der Waals surface area (Å²) < 4.78 is 7.50. The molecule has 24 heavy (non-hydrogen) atoms. The molecule has 6 nitrogen and oxygen atoms in total. The Hall–Kier alpha value is -2.89. The number of hydrogen-bond donors (Lipinski definition) is 0. The summed E-state index contributed by atoms with van der Waals surface area (Å²) in [7, 11) is 0. The van der Waals surface area contributed by atoms with Gasteiger partial charge in [-0.15, -0.1) is 0 Å². The Labute approximate surface area is 139 Å². The largest absolute Gasteiger partial charge is 0.438 e. The monoisotopic (exact) mass is 322 g/mol. The number of aryl methyl sites for hydroxylation is 2. The Morgan fingerprint density at radius 2 is 2.00 bits per heavy atom. The molecule has 1 aliphatic rings. The molecule has 0 saturated heterocycles. The summed E-state index contributed by atoms with van der Waals surface area (Å²) in [6.45, 7) is 4.95. The van der Waals surface area contributed by atoms with Crippen molar-refractivity contribution in [1.29, 1.82) is 0 Å². The summed E-state index contributed by atoms with van der Waals surface area (Å²) in [4.78, 5) is 23.3. The Kier molecular flexibility index (Phi) is 3.45. The van der Waals surface area contributed by atoms with E-state index in [-0.39, 0.29) is 11.9 Å². The molecule has 0 N–H and O–H groups in total. The van der Waals surface area contributed by atoms with E-state index in [1.165, 1.54) is 6.39 Å². The molecular formula is C18H18N4O2. The zero-order valence-corrected chi connectivity index (χ0v) is 13.6. The predicted molar refractivity (Wildman–Crippen MR) is 87.3 cm³/mol. The lowest BCUT2D eigenvalue weighted by Gasteiger charge is -2.36. The fourth-order valence-electron chi connectivity index (χ4n) is 3.23. The van der Waals surface area contributed by atoms with E-state index < -0.39 is 0 Å². The van der Waals surface area contributed by atoms with E-state index in [1.807, 2.05) is 36.2 Å². The topological polar surface area (TPSA) is 64.2 Å². The Morgan fingerprint density at radius 1 is 1.21 bits per heavy atom. The minimum Gasteiger partial charge on any atom is -0.438 e. The number of carbonyl (C=O) groups excluding carboxylic acids is 1. The van der Waals surface area contributed by atoms with Gasteiger partial charge in [0.05, 0.1) is 18.3 Å². The zero-order chi connectivity index (χ0) is 16.7. The smallest absolute Gasteiger partial charge is 0.292 e. The molecule has 6 heteroatoms. The molecule has 0 aliphatic carbocycles. The lowest BCUT2D eigenvalue weighted by molar-refractivity contribution is 0.0549. The molecule has 0 radical (unpaired) electrons. The van der Waals surface area contributed by atoms with Crippen LogP contribution >= 0.6 is 0 Å². The highest BCUT2D eigenvalue weighted by Crippen LogP contribution is 2.31. The minimum atomic E-state index is -0.147. The molecule has 1 amide bonds. The van der Waals surface area contributed by atoms with Crippen LogP contribution in [-0.2, 0) is 13.1 Å². The molecule has 4 rings (SSSR count). The van der Waals surface area contributed by atoms with Crippen molar-refractivity contribution in [3.8, 4) is 0 Å². The van der Waals surface area contributed by atoms with Gasteiger partial charge in [0.15, 0.2) is 6.39 Å². The van der Waals surface area contributed by atoms with Crippen LogP contribution in [0, 0.1) is 13.8 Å². The second kappa shape index (κ2) is 5.63. The van der Waals surface area contributed by atoms with E-state index in [0.717, 1.165) is 17.1 Å². The summed E-state index contributed by atoms with van der Waals surface area (Å²) in [5, 5.41) is 0. The van der Waals surface area contributed by atoms with Gasteiger partial charge < -0.3 is 13.9 Å². The van der Waals surface area contributed by atoms with Crippen molar-refractivity contribution in [3.05, 3.63) is 71.5 Å². The maximum atomic E-state index is 13.0. The Balaban J connectivity index is 1.77. The number of oxazole rings is 1. The van der Waals surface area contributed by atoms with Gasteiger partial charge in [-0.05, 0) is 19.4 Å². The van der Waals surface area contributed by atoms with E-state index in [9.17, 15) is 4.79 Å². The number of rotatable bonds is 2. The highest BCUT2D eigenvalue weighted by Gasteiger charge is 2.34. The lowest BCUT2D eigenvalue weighted by Crippen LogP contribution is -2.41. The van der Waals surface area contributed by atoms with Crippen molar-refractivity contribution in [1.82, 2.24) is 19.4 Å². The van der Waals surface area contributed by atoms with Crippen LogP contribution in [0.1, 0.15) is 39.4 Å². The predicted octanol–water partition coefficient (Wildman–Crippen LogP) is 2.89. The molecular weight excluding hydrogens is 304 g/mol. The molecule has 2 aromatic heterocycles. The van der Waals surface area contributed by atoms with Crippen molar-refractivity contribution >= 4 is 5.91 Å². The van der Waals surface area contributed by atoms with Gasteiger partial charge in [-0.2, -0.15) is 0 Å². The molecule has 0 unspecified atom stereocenters. The summed E-state index contributed by atoms with van der Waals surface area (Å²) in [5.74, 6) is 1.05. The molecule has 1 aromatic carbocycles. The molecule has 122 valence electrons. The van der Waals surface area contributed by atoms with Crippen molar-refractivity contribution < 1.29 is 9.21 Å². The van der Waals surface area contributed by atoms with Crippen LogP contribution in [0.2, 0.25) is 0 Å². The van der Waals surface area contributed by atoms with Crippen LogP contribution in [0.4, 0.5) is 0 Å². The van der Waals surface area contributed by atoms with Gasteiger partial charge in [0, 0.05) is 18.4 Å². The third kappa shape index (κ3) is 2.31. The molecule has 3 heterocycles. The van der Waals surface area contributed by atoms with Crippen LogP contribution < -0.4 is 0 Å². The number of benzene rings is 1. The third-order valence-corrected chi connectivity index (χ3v) is 4.57. The number of carbonyl (C=O) groups is 1. The third-order valence-electron chi connectivity index (χ3n) is 4.57. The van der Waals surface area contributed by atoms with Gasteiger partial charge in [0.1, 0.15) is 5.82 Å². The fourth-order valence-corrected chi connectivity index (χ4v) is 3.23. The van der Waals surface area contributed by atoms with Crippen LogP contribution in [0.15, 0.2) is 47.3 Å². The number of hydrogen-bond acceptors (Lipinski definition) is 4. The lowest BCUT2D eigenvalue weighted by atomic mass is 10.0. The second-order valence-corrected chi connectivity index (χ2v) is 6.05. The Bertz CT molecular complexity index is 882. The van der Waals surface area contributed by atoms with E-state index >= 15 is 0 Å². The summed E-state index contributed by atoms with van der Waals surface area (Å²) in [6, 6.07) is 10.0.